The van der Waals surface area contributed by atoms with Crippen LogP contribution < -0.4 is 11.1 Å². The molecule has 0 aliphatic rings. The summed E-state index contributed by atoms with van der Waals surface area (Å²) in [5, 5.41) is 2.90. The van der Waals surface area contributed by atoms with Crippen molar-refractivity contribution in [2.24, 2.45) is 0 Å². The molecule has 1 amide bonds. The summed E-state index contributed by atoms with van der Waals surface area (Å²) < 4.78 is 26.0. The van der Waals surface area contributed by atoms with Gasteiger partial charge in [0.25, 0.3) is 5.91 Å². The van der Waals surface area contributed by atoms with Crippen LogP contribution in [0.25, 0.3) is 0 Å². The molecule has 2 rings (SSSR count). The fourth-order valence-corrected chi connectivity index (χ4v) is 2.55. The van der Waals surface area contributed by atoms with Crippen molar-refractivity contribution in [2.45, 2.75) is 13.5 Å². The van der Waals surface area contributed by atoms with E-state index >= 15 is 0 Å². The predicted molar refractivity (Wildman–Crippen MR) is 73.8 cm³/mol. The number of nitrogens with two attached hydrogens (primary N) is 1. The van der Waals surface area contributed by atoms with Crippen LogP contribution in [0.5, 0.6) is 0 Å². The van der Waals surface area contributed by atoms with Crippen molar-refractivity contribution in [3.63, 3.8) is 0 Å². The molecule has 106 valence electrons. The van der Waals surface area contributed by atoms with Gasteiger partial charge in [0, 0.05) is 11.6 Å². The summed E-state index contributed by atoms with van der Waals surface area (Å²) in [5.74, 6) is -2.44. The van der Waals surface area contributed by atoms with E-state index in [1.54, 1.807) is 6.92 Å². The van der Waals surface area contributed by atoms with E-state index in [1.807, 2.05) is 0 Å². The van der Waals surface area contributed by atoms with Crippen LogP contribution >= 0.6 is 22.9 Å². The SMILES string of the molecule is Cc1nc(N)sc1C(=O)NCc1cc(F)c(F)cc1Cl. The lowest BCUT2D eigenvalue weighted by atomic mass is 10.2. The largest absolute Gasteiger partial charge is 0.375 e. The number of aromatic nitrogens is 1. The quantitative estimate of drug-likeness (QED) is 0.855. The zero-order valence-corrected chi connectivity index (χ0v) is 11.9. The van der Waals surface area contributed by atoms with Gasteiger partial charge in [-0.25, -0.2) is 13.8 Å². The Labute approximate surface area is 122 Å². The minimum absolute atomic E-state index is 0.0217. The third-order valence-electron chi connectivity index (χ3n) is 2.55. The number of aryl methyl sites for hydroxylation is 1. The summed E-state index contributed by atoms with van der Waals surface area (Å²) in [6, 6.07) is 1.82. The minimum atomic E-state index is -1.03. The molecule has 1 aromatic carbocycles. The number of hydrogen-bond acceptors (Lipinski definition) is 4. The number of amides is 1. The van der Waals surface area contributed by atoms with E-state index in [1.165, 1.54) is 0 Å². The van der Waals surface area contributed by atoms with E-state index in [-0.39, 0.29) is 17.1 Å². The third-order valence-corrected chi connectivity index (χ3v) is 3.89. The molecule has 0 atom stereocenters. The first kappa shape index (κ1) is 14.7. The van der Waals surface area contributed by atoms with Crippen LogP contribution in [0.1, 0.15) is 20.9 Å². The lowest BCUT2D eigenvalue weighted by molar-refractivity contribution is 0.0954. The van der Waals surface area contributed by atoms with E-state index < -0.39 is 17.5 Å². The van der Waals surface area contributed by atoms with Gasteiger partial charge in [0.05, 0.1) is 5.69 Å². The fraction of sp³-hybridized carbons (Fsp3) is 0.167. The van der Waals surface area contributed by atoms with Gasteiger partial charge in [0.15, 0.2) is 16.8 Å². The van der Waals surface area contributed by atoms with E-state index in [2.05, 4.69) is 10.3 Å². The minimum Gasteiger partial charge on any atom is -0.375 e. The molecule has 4 nitrogen and oxygen atoms in total. The Morgan fingerprint density at radius 1 is 1.45 bits per heavy atom. The number of benzene rings is 1. The van der Waals surface area contributed by atoms with E-state index in [0.29, 0.717) is 15.7 Å². The molecule has 8 heteroatoms. The Morgan fingerprint density at radius 3 is 2.70 bits per heavy atom. The number of nitrogens with zero attached hydrogens (tertiary/aromatic N) is 1. The number of rotatable bonds is 3. The number of hydrogen-bond donors (Lipinski definition) is 2. The Hall–Kier alpha value is -1.73. The maximum absolute atomic E-state index is 13.1. The second-order valence-corrected chi connectivity index (χ2v) is 5.44. The van der Waals surface area contributed by atoms with Crippen LogP contribution in [-0.2, 0) is 6.54 Å². The number of halogens is 3. The highest BCUT2D eigenvalue weighted by Crippen LogP contribution is 2.22. The number of carbonyl (C=O) groups is 1. The highest BCUT2D eigenvalue weighted by Gasteiger charge is 2.15. The average Bonchev–Trinajstić information content (AvgIpc) is 2.71. The molecule has 0 spiro atoms. The average molecular weight is 318 g/mol. The first-order chi connectivity index (χ1) is 9.38. The topological polar surface area (TPSA) is 68.0 Å². The molecule has 0 aliphatic carbocycles. The summed E-state index contributed by atoms with van der Waals surface area (Å²) in [6.45, 7) is 1.64. The van der Waals surface area contributed by atoms with Gasteiger partial charge in [-0.3, -0.25) is 4.79 Å². The summed E-state index contributed by atoms with van der Waals surface area (Å²) in [7, 11) is 0. The number of carbonyl (C=O) groups excluding carboxylic acids is 1. The van der Waals surface area contributed by atoms with Crippen molar-refractivity contribution in [1.29, 1.82) is 0 Å². The Morgan fingerprint density at radius 2 is 2.10 bits per heavy atom. The summed E-state index contributed by atoms with van der Waals surface area (Å²) in [5.41, 5.74) is 6.30. The van der Waals surface area contributed by atoms with Crippen molar-refractivity contribution < 1.29 is 13.6 Å². The van der Waals surface area contributed by atoms with E-state index in [4.69, 9.17) is 17.3 Å². The molecule has 0 unspecified atom stereocenters. The van der Waals surface area contributed by atoms with Crippen molar-refractivity contribution in [1.82, 2.24) is 10.3 Å². The number of anilines is 1. The zero-order chi connectivity index (χ0) is 14.9. The van der Waals surface area contributed by atoms with Crippen LogP contribution in [0, 0.1) is 18.6 Å². The Balaban J connectivity index is 2.11. The molecule has 2 aromatic rings. The first-order valence-corrected chi connectivity index (χ1v) is 6.72. The van der Waals surface area contributed by atoms with Gasteiger partial charge in [-0.15, -0.1) is 0 Å². The normalized spacial score (nSPS) is 10.6. The summed E-state index contributed by atoms with van der Waals surface area (Å²) >= 11 is 6.83. The fourth-order valence-electron chi connectivity index (χ4n) is 1.58. The lowest BCUT2D eigenvalue weighted by Gasteiger charge is -2.07. The van der Waals surface area contributed by atoms with Gasteiger partial charge >= 0.3 is 0 Å². The van der Waals surface area contributed by atoms with Crippen LogP contribution in [0.3, 0.4) is 0 Å². The molecule has 0 fully saturated rings. The highest BCUT2D eigenvalue weighted by atomic mass is 35.5. The smallest absolute Gasteiger partial charge is 0.263 e. The molecule has 1 heterocycles. The van der Waals surface area contributed by atoms with Crippen molar-refractivity contribution >= 4 is 34.0 Å². The van der Waals surface area contributed by atoms with Crippen molar-refractivity contribution in [3.8, 4) is 0 Å². The first-order valence-electron chi connectivity index (χ1n) is 5.53. The van der Waals surface area contributed by atoms with Gasteiger partial charge < -0.3 is 11.1 Å². The second-order valence-electron chi connectivity index (χ2n) is 4.01. The predicted octanol–water partition coefficient (Wildman–Crippen LogP) is 2.90. The molecule has 0 saturated heterocycles. The van der Waals surface area contributed by atoms with Gasteiger partial charge in [-0.05, 0) is 24.6 Å². The molecule has 0 aliphatic heterocycles. The van der Waals surface area contributed by atoms with Gasteiger partial charge in [0.2, 0.25) is 0 Å². The molecule has 3 N–H and O–H groups in total. The standard InChI is InChI=1S/C12H10ClF2N3OS/c1-5-10(20-12(16)18-5)11(19)17-4-6-2-8(14)9(15)3-7(6)13/h2-3H,4H2,1H3,(H2,16,18)(H,17,19). The van der Waals surface area contributed by atoms with Gasteiger partial charge in [0.1, 0.15) is 4.88 Å². The molecule has 1 aromatic heterocycles. The van der Waals surface area contributed by atoms with E-state index in [9.17, 15) is 13.6 Å². The zero-order valence-electron chi connectivity index (χ0n) is 10.3. The summed E-state index contributed by atoms with van der Waals surface area (Å²) in [6.07, 6.45) is 0. The van der Waals surface area contributed by atoms with E-state index in [0.717, 1.165) is 23.5 Å². The molecule has 0 bridgehead atoms. The van der Waals surface area contributed by atoms with Crippen molar-refractivity contribution in [2.75, 3.05) is 5.73 Å². The lowest BCUT2D eigenvalue weighted by Crippen LogP contribution is -2.22. The van der Waals surface area contributed by atoms with Crippen molar-refractivity contribution in [3.05, 3.63) is 44.9 Å². The molecule has 20 heavy (non-hydrogen) atoms. The second kappa shape index (κ2) is 5.72. The number of thiazole rings is 1. The van der Waals surface area contributed by atoms with Gasteiger partial charge in [-0.1, -0.05) is 22.9 Å². The number of nitrogens with one attached hydrogen (secondary N) is 1. The number of nitrogen functional groups attached to an aromatic ring is 1. The Kier molecular flexibility index (Phi) is 4.20. The Bertz CT molecular complexity index is 675. The van der Waals surface area contributed by atoms with Gasteiger partial charge in [-0.2, -0.15) is 0 Å². The molecular weight excluding hydrogens is 308 g/mol. The van der Waals surface area contributed by atoms with Crippen LogP contribution in [0.15, 0.2) is 12.1 Å². The highest BCUT2D eigenvalue weighted by molar-refractivity contribution is 7.17. The van der Waals surface area contributed by atoms with Crippen LogP contribution in [0.4, 0.5) is 13.9 Å². The van der Waals surface area contributed by atoms with Crippen LogP contribution in [-0.4, -0.2) is 10.9 Å². The molecule has 0 saturated carbocycles. The monoisotopic (exact) mass is 317 g/mol. The third kappa shape index (κ3) is 3.05. The summed E-state index contributed by atoms with van der Waals surface area (Å²) in [4.78, 5) is 16.2. The maximum Gasteiger partial charge on any atom is 0.263 e. The molecular formula is C12H10ClF2N3OS. The van der Waals surface area contributed by atoms with Crippen LogP contribution in [0.2, 0.25) is 5.02 Å². The molecule has 0 radical (unpaired) electrons. The maximum atomic E-state index is 13.1.